The van der Waals surface area contributed by atoms with E-state index in [2.05, 4.69) is 37.4 Å². The van der Waals surface area contributed by atoms with Gasteiger partial charge in [-0.2, -0.15) is 25.3 Å². The van der Waals surface area contributed by atoms with Gasteiger partial charge in [0.05, 0.1) is 6.61 Å². The Morgan fingerprint density at radius 1 is 1.09 bits per heavy atom. The maximum Gasteiger partial charge on any atom is 0.372 e. The van der Waals surface area contributed by atoms with Crippen molar-refractivity contribution in [1.29, 1.82) is 0 Å². The van der Waals surface area contributed by atoms with Crippen molar-refractivity contribution in [2.75, 3.05) is 32.2 Å². The molecule has 0 spiro atoms. The molecule has 0 fully saturated rings. The summed E-state index contributed by atoms with van der Waals surface area (Å²) in [4.78, 5) is 0. The first-order valence-corrected chi connectivity index (χ1v) is 11.1. The molecule has 0 saturated heterocycles. The molecule has 0 N–H and O–H groups in total. The first-order valence-electron chi connectivity index (χ1n) is 7.88. The monoisotopic (exact) mass is 360 g/mol. The van der Waals surface area contributed by atoms with Crippen molar-refractivity contribution in [1.82, 2.24) is 0 Å². The van der Waals surface area contributed by atoms with Gasteiger partial charge in [0.1, 0.15) is 0 Å². The number of hydrogen-bond donors (Lipinski definition) is 2. The van der Waals surface area contributed by atoms with Gasteiger partial charge in [-0.1, -0.05) is 30.3 Å². The van der Waals surface area contributed by atoms with Gasteiger partial charge in [-0.05, 0) is 31.5 Å². The zero-order valence-corrected chi connectivity index (χ0v) is 16.3. The maximum atomic E-state index is 6.14. The van der Waals surface area contributed by atoms with Crippen LogP contribution >= 0.6 is 25.3 Å². The predicted octanol–water partition coefficient (Wildman–Crippen LogP) is 3.04. The van der Waals surface area contributed by atoms with Gasteiger partial charge in [0.15, 0.2) is 0 Å². The summed E-state index contributed by atoms with van der Waals surface area (Å²) in [6, 6.07) is 11.2. The number of ether oxygens (including phenoxy) is 1. The van der Waals surface area contributed by atoms with Crippen LogP contribution in [0.15, 0.2) is 30.3 Å². The van der Waals surface area contributed by atoms with E-state index >= 15 is 0 Å². The molecule has 0 aromatic heterocycles. The molecule has 1 unspecified atom stereocenters. The highest BCUT2D eigenvalue weighted by Gasteiger charge is 2.38. The smallest absolute Gasteiger partial charge is 0.372 e. The molecule has 22 heavy (non-hydrogen) atoms. The summed E-state index contributed by atoms with van der Waals surface area (Å²) >= 11 is 8.57. The van der Waals surface area contributed by atoms with Gasteiger partial charge in [-0.15, -0.1) is 0 Å². The molecule has 126 valence electrons. The molecule has 3 nitrogen and oxygen atoms in total. The van der Waals surface area contributed by atoms with Crippen LogP contribution in [0.25, 0.3) is 0 Å². The Morgan fingerprint density at radius 2 is 1.73 bits per heavy atom. The third-order valence-electron chi connectivity index (χ3n) is 3.28. The summed E-state index contributed by atoms with van der Waals surface area (Å²) in [6.07, 6.45) is 0.925. The van der Waals surface area contributed by atoms with E-state index in [0.717, 1.165) is 18.2 Å². The minimum absolute atomic E-state index is 0.193. The van der Waals surface area contributed by atoms with E-state index in [4.69, 9.17) is 13.6 Å². The summed E-state index contributed by atoms with van der Waals surface area (Å²) in [5.41, 5.74) is 0. The Bertz CT molecular complexity index is 386. The lowest BCUT2D eigenvalue weighted by molar-refractivity contribution is 0.134. The predicted molar refractivity (Wildman–Crippen MR) is 102 cm³/mol. The average Bonchev–Trinajstić information content (AvgIpc) is 2.55. The van der Waals surface area contributed by atoms with Crippen LogP contribution in [0.5, 0.6) is 0 Å². The lowest BCUT2D eigenvalue weighted by atomic mass is 10.4. The van der Waals surface area contributed by atoms with Gasteiger partial charge in [-0.3, -0.25) is 0 Å². The second kappa shape index (κ2) is 11.5. The molecule has 0 saturated carbocycles. The van der Waals surface area contributed by atoms with Crippen LogP contribution < -0.4 is 5.19 Å². The number of hydrogen-bond acceptors (Lipinski definition) is 5. The molecule has 0 heterocycles. The minimum atomic E-state index is -2.37. The van der Waals surface area contributed by atoms with E-state index in [1.165, 1.54) is 5.19 Å². The van der Waals surface area contributed by atoms with Crippen LogP contribution in [0.1, 0.15) is 20.3 Å². The molecule has 1 aromatic rings. The maximum absolute atomic E-state index is 6.14. The van der Waals surface area contributed by atoms with Crippen LogP contribution in [0.4, 0.5) is 0 Å². The van der Waals surface area contributed by atoms with Crippen molar-refractivity contribution in [2.45, 2.75) is 31.6 Å². The minimum Gasteiger partial charge on any atom is -0.391 e. The fraction of sp³-hybridized carbons (Fsp3) is 0.625. The lowest BCUT2D eigenvalue weighted by Crippen LogP contribution is -2.54. The molecule has 0 amide bonds. The van der Waals surface area contributed by atoms with Crippen molar-refractivity contribution < 1.29 is 13.6 Å². The fourth-order valence-corrected chi connectivity index (χ4v) is 5.78. The molecule has 1 atom stereocenters. The molecule has 0 bridgehead atoms. The SMILES string of the molecule is CCO[Si](CCCOCC(S)CS)(OCC)c1ccccc1. The van der Waals surface area contributed by atoms with Gasteiger partial charge in [0.2, 0.25) is 0 Å². The van der Waals surface area contributed by atoms with E-state index in [0.29, 0.717) is 26.4 Å². The summed E-state index contributed by atoms with van der Waals surface area (Å²) < 4.78 is 17.9. The van der Waals surface area contributed by atoms with Crippen molar-refractivity contribution >= 4 is 39.0 Å². The normalized spacial score (nSPS) is 13.3. The van der Waals surface area contributed by atoms with Crippen LogP contribution in [-0.4, -0.2) is 46.0 Å². The fourth-order valence-electron chi connectivity index (χ4n) is 2.33. The van der Waals surface area contributed by atoms with Crippen molar-refractivity contribution in [3.63, 3.8) is 0 Å². The molecular weight excluding hydrogens is 332 g/mol. The highest BCUT2D eigenvalue weighted by molar-refractivity contribution is 7.84. The van der Waals surface area contributed by atoms with Gasteiger partial charge >= 0.3 is 8.56 Å². The summed E-state index contributed by atoms with van der Waals surface area (Å²) in [5, 5.41) is 1.39. The third-order valence-corrected chi connectivity index (χ3v) is 8.08. The molecular formula is C16H28O3S2Si. The topological polar surface area (TPSA) is 27.7 Å². The van der Waals surface area contributed by atoms with Gasteiger partial charge in [0.25, 0.3) is 0 Å². The lowest BCUT2D eigenvalue weighted by Gasteiger charge is -2.30. The molecule has 1 rings (SSSR count). The molecule has 0 aliphatic heterocycles. The zero-order chi connectivity index (χ0) is 16.3. The van der Waals surface area contributed by atoms with Crippen molar-refractivity contribution in [2.24, 2.45) is 0 Å². The largest absolute Gasteiger partial charge is 0.391 e. The van der Waals surface area contributed by atoms with E-state index in [1.807, 2.05) is 32.0 Å². The van der Waals surface area contributed by atoms with Crippen LogP contribution in [-0.2, 0) is 13.6 Å². The van der Waals surface area contributed by atoms with Gasteiger partial charge in [0, 0.05) is 30.8 Å². The number of rotatable bonds is 12. The van der Waals surface area contributed by atoms with E-state index in [1.54, 1.807) is 0 Å². The highest BCUT2D eigenvalue weighted by Crippen LogP contribution is 2.17. The third kappa shape index (κ3) is 6.64. The number of benzene rings is 1. The first kappa shape index (κ1) is 20.1. The van der Waals surface area contributed by atoms with Crippen molar-refractivity contribution in [3.8, 4) is 0 Å². The second-order valence-corrected chi connectivity index (χ2v) is 9.26. The standard InChI is InChI=1S/C16H28O3S2Si/c1-3-18-22(19-4-2,16-9-6-5-7-10-16)12-8-11-17-13-15(21)14-20/h5-7,9-10,15,20-21H,3-4,8,11-14H2,1-2H3. The summed E-state index contributed by atoms with van der Waals surface area (Å²) in [6.45, 7) is 6.72. The van der Waals surface area contributed by atoms with E-state index < -0.39 is 8.56 Å². The Balaban J connectivity index is 2.62. The Morgan fingerprint density at radius 3 is 2.27 bits per heavy atom. The van der Waals surface area contributed by atoms with E-state index in [9.17, 15) is 0 Å². The first-order chi connectivity index (χ1) is 10.7. The van der Waals surface area contributed by atoms with Gasteiger partial charge < -0.3 is 13.6 Å². The van der Waals surface area contributed by atoms with E-state index in [-0.39, 0.29) is 5.25 Å². The Kier molecular flexibility index (Phi) is 10.5. The Labute approximate surface area is 146 Å². The second-order valence-electron chi connectivity index (χ2n) is 5.00. The zero-order valence-electron chi connectivity index (χ0n) is 13.5. The van der Waals surface area contributed by atoms with Crippen molar-refractivity contribution in [3.05, 3.63) is 30.3 Å². The van der Waals surface area contributed by atoms with Crippen LogP contribution in [0.2, 0.25) is 6.04 Å². The average molecular weight is 361 g/mol. The van der Waals surface area contributed by atoms with Crippen LogP contribution in [0.3, 0.4) is 0 Å². The molecule has 0 aliphatic rings. The molecule has 1 aromatic carbocycles. The highest BCUT2D eigenvalue weighted by atomic mass is 32.1. The quantitative estimate of drug-likeness (QED) is 0.341. The molecule has 6 heteroatoms. The number of thiol groups is 2. The van der Waals surface area contributed by atoms with Gasteiger partial charge in [-0.25, -0.2) is 0 Å². The summed E-state index contributed by atoms with van der Waals surface area (Å²) in [5.74, 6) is 0.726. The summed E-state index contributed by atoms with van der Waals surface area (Å²) in [7, 11) is -2.37. The van der Waals surface area contributed by atoms with Crippen LogP contribution in [0, 0.1) is 0 Å². The molecule has 0 aliphatic carbocycles. The Hall–Kier alpha value is 0.0169. The molecule has 0 radical (unpaired) electrons.